The average Bonchev–Trinajstić information content (AvgIpc) is 2.97. The second kappa shape index (κ2) is 4.62. The van der Waals surface area contributed by atoms with E-state index in [1.807, 2.05) is 0 Å². The highest BCUT2D eigenvalue weighted by molar-refractivity contribution is 6.05. The third-order valence-corrected chi connectivity index (χ3v) is 3.40. The number of aromatic nitrogens is 3. The van der Waals surface area contributed by atoms with Crippen molar-refractivity contribution >= 4 is 22.8 Å². The molecule has 1 aromatic carbocycles. The van der Waals surface area contributed by atoms with Crippen molar-refractivity contribution in [2.75, 3.05) is 5.32 Å². The SMILES string of the molecule is Cc1cc(NC(=O)c2ccc3c(c2)n(C)c(=O)n3C)no1. The van der Waals surface area contributed by atoms with Gasteiger partial charge in [-0.1, -0.05) is 5.16 Å². The smallest absolute Gasteiger partial charge is 0.328 e. The molecule has 1 amide bonds. The maximum absolute atomic E-state index is 12.2. The maximum Gasteiger partial charge on any atom is 0.328 e. The summed E-state index contributed by atoms with van der Waals surface area (Å²) in [6.45, 7) is 1.74. The standard InChI is InChI=1S/C14H14N4O3/c1-8-6-12(16-21-8)15-13(19)9-4-5-10-11(7-9)18(3)14(20)17(10)2/h4-7H,1-3H3,(H,15,16,19). The lowest BCUT2D eigenvalue weighted by molar-refractivity contribution is 0.102. The number of carbonyl (C=O) groups excluding carboxylic acids is 1. The highest BCUT2D eigenvalue weighted by Gasteiger charge is 2.13. The van der Waals surface area contributed by atoms with E-state index in [1.54, 1.807) is 45.3 Å². The van der Waals surface area contributed by atoms with E-state index in [0.717, 1.165) is 5.52 Å². The minimum atomic E-state index is -0.304. The lowest BCUT2D eigenvalue weighted by atomic mass is 10.2. The Morgan fingerprint density at radius 1 is 1.19 bits per heavy atom. The van der Waals surface area contributed by atoms with E-state index in [9.17, 15) is 9.59 Å². The number of benzene rings is 1. The Balaban J connectivity index is 1.99. The van der Waals surface area contributed by atoms with Crippen LogP contribution in [0.4, 0.5) is 5.82 Å². The Labute approximate surface area is 119 Å². The fourth-order valence-corrected chi connectivity index (χ4v) is 2.26. The van der Waals surface area contributed by atoms with Gasteiger partial charge in [0.25, 0.3) is 5.91 Å². The van der Waals surface area contributed by atoms with E-state index >= 15 is 0 Å². The van der Waals surface area contributed by atoms with Gasteiger partial charge in [0.1, 0.15) is 5.76 Å². The summed E-state index contributed by atoms with van der Waals surface area (Å²) in [4.78, 5) is 24.0. The number of nitrogens with zero attached hydrogens (tertiary/aromatic N) is 3. The quantitative estimate of drug-likeness (QED) is 0.772. The van der Waals surface area contributed by atoms with Gasteiger partial charge >= 0.3 is 5.69 Å². The van der Waals surface area contributed by atoms with E-state index < -0.39 is 0 Å². The second-order valence-electron chi connectivity index (χ2n) is 4.88. The highest BCUT2D eigenvalue weighted by atomic mass is 16.5. The third-order valence-electron chi connectivity index (χ3n) is 3.40. The van der Waals surface area contributed by atoms with Gasteiger partial charge in [-0.25, -0.2) is 4.79 Å². The van der Waals surface area contributed by atoms with Crippen LogP contribution in [0.15, 0.2) is 33.6 Å². The van der Waals surface area contributed by atoms with Crippen LogP contribution in [0, 0.1) is 6.92 Å². The first-order chi connectivity index (χ1) is 9.97. The molecular weight excluding hydrogens is 272 g/mol. The summed E-state index contributed by atoms with van der Waals surface area (Å²) in [7, 11) is 3.37. The van der Waals surface area contributed by atoms with Crippen molar-refractivity contribution in [2.45, 2.75) is 6.92 Å². The molecule has 3 aromatic rings. The van der Waals surface area contributed by atoms with Crippen LogP contribution in [-0.2, 0) is 14.1 Å². The molecule has 21 heavy (non-hydrogen) atoms. The van der Waals surface area contributed by atoms with Crippen LogP contribution in [0.5, 0.6) is 0 Å². The summed E-state index contributed by atoms with van der Waals surface area (Å²) in [6, 6.07) is 6.73. The Morgan fingerprint density at radius 3 is 2.57 bits per heavy atom. The minimum absolute atomic E-state index is 0.130. The number of imidazole rings is 1. The van der Waals surface area contributed by atoms with Gasteiger partial charge in [0, 0.05) is 25.7 Å². The van der Waals surface area contributed by atoms with E-state index in [1.165, 1.54) is 9.13 Å². The molecule has 0 atom stereocenters. The Kier molecular flexibility index (Phi) is 2.90. The first-order valence-electron chi connectivity index (χ1n) is 6.37. The number of hydrogen-bond donors (Lipinski definition) is 1. The number of anilines is 1. The van der Waals surface area contributed by atoms with Crippen LogP contribution < -0.4 is 11.0 Å². The van der Waals surface area contributed by atoms with E-state index in [0.29, 0.717) is 22.7 Å². The van der Waals surface area contributed by atoms with E-state index in [2.05, 4.69) is 10.5 Å². The first-order valence-corrected chi connectivity index (χ1v) is 6.37. The van der Waals surface area contributed by atoms with Gasteiger partial charge < -0.3 is 9.84 Å². The molecule has 108 valence electrons. The molecule has 0 spiro atoms. The first kappa shape index (κ1) is 13.2. The number of amides is 1. The summed E-state index contributed by atoms with van der Waals surface area (Å²) in [6.07, 6.45) is 0. The zero-order valence-corrected chi connectivity index (χ0v) is 11.9. The Morgan fingerprint density at radius 2 is 1.90 bits per heavy atom. The van der Waals surface area contributed by atoms with Crippen LogP contribution in [0.1, 0.15) is 16.1 Å². The van der Waals surface area contributed by atoms with Gasteiger partial charge in [-0.05, 0) is 25.1 Å². The molecule has 7 heteroatoms. The van der Waals surface area contributed by atoms with Crippen molar-refractivity contribution in [1.29, 1.82) is 0 Å². The summed E-state index contributed by atoms with van der Waals surface area (Å²) < 4.78 is 7.94. The van der Waals surface area contributed by atoms with Gasteiger partial charge in [-0.2, -0.15) is 0 Å². The fraction of sp³-hybridized carbons (Fsp3) is 0.214. The van der Waals surface area contributed by atoms with Gasteiger partial charge in [0.15, 0.2) is 5.82 Å². The number of hydrogen-bond acceptors (Lipinski definition) is 4. The van der Waals surface area contributed by atoms with Crippen LogP contribution in [0.25, 0.3) is 11.0 Å². The number of aryl methyl sites for hydroxylation is 3. The van der Waals surface area contributed by atoms with Crippen molar-refractivity contribution in [2.24, 2.45) is 14.1 Å². The summed E-state index contributed by atoms with van der Waals surface area (Å²) in [5.41, 5.74) is 1.79. The zero-order chi connectivity index (χ0) is 15.1. The van der Waals surface area contributed by atoms with Crippen LogP contribution >= 0.6 is 0 Å². The predicted molar refractivity (Wildman–Crippen MR) is 77.4 cm³/mol. The monoisotopic (exact) mass is 286 g/mol. The molecule has 3 rings (SSSR count). The van der Waals surface area contributed by atoms with Crippen molar-refractivity contribution < 1.29 is 9.32 Å². The molecule has 2 heterocycles. The number of nitrogens with one attached hydrogen (secondary N) is 1. The second-order valence-corrected chi connectivity index (χ2v) is 4.88. The molecule has 7 nitrogen and oxygen atoms in total. The average molecular weight is 286 g/mol. The Bertz CT molecular complexity index is 901. The number of carbonyl (C=O) groups is 1. The van der Waals surface area contributed by atoms with Crippen molar-refractivity contribution in [3.8, 4) is 0 Å². The summed E-state index contributed by atoms with van der Waals surface area (Å²) in [5.74, 6) is 0.673. The molecule has 0 aliphatic rings. The van der Waals surface area contributed by atoms with Gasteiger partial charge in [0.05, 0.1) is 11.0 Å². The normalized spacial score (nSPS) is 11.0. The van der Waals surface area contributed by atoms with E-state index in [4.69, 9.17) is 4.52 Å². The molecule has 0 aliphatic heterocycles. The maximum atomic E-state index is 12.2. The lowest BCUT2D eigenvalue weighted by Crippen LogP contribution is -2.19. The molecular formula is C14H14N4O3. The van der Waals surface area contributed by atoms with Gasteiger partial charge in [-0.3, -0.25) is 13.9 Å². The highest BCUT2D eigenvalue weighted by Crippen LogP contribution is 2.15. The summed E-state index contributed by atoms with van der Waals surface area (Å²) >= 11 is 0. The molecule has 0 radical (unpaired) electrons. The van der Waals surface area contributed by atoms with Crippen molar-refractivity contribution in [3.63, 3.8) is 0 Å². The van der Waals surface area contributed by atoms with Crippen molar-refractivity contribution in [1.82, 2.24) is 14.3 Å². The summed E-state index contributed by atoms with van der Waals surface area (Å²) in [5, 5.41) is 6.36. The molecule has 0 fully saturated rings. The van der Waals surface area contributed by atoms with Gasteiger partial charge in [0.2, 0.25) is 0 Å². The van der Waals surface area contributed by atoms with Crippen molar-refractivity contribution in [3.05, 3.63) is 46.1 Å². The predicted octanol–water partition coefficient (Wildman–Crippen LogP) is 1.43. The molecule has 0 saturated heterocycles. The molecule has 0 saturated carbocycles. The third kappa shape index (κ3) is 2.12. The molecule has 2 aromatic heterocycles. The topological polar surface area (TPSA) is 82.1 Å². The molecule has 0 unspecified atom stereocenters. The van der Waals surface area contributed by atoms with E-state index in [-0.39, 0.29) is 11.6 Å². The van der Waals surface area contributed by atoms with Crippen LogP contribution in [0.3, 0.4) is 0 Å². The van der Waals surface area contributed by atoms with Crippen LogP contribution in [-0.4, -0.2) is 20.2 Å². The number of rotatable bonds is 2. The fourth-order valence-electron chi connectivity index (χ4n) is 2.26. The lowest BCUT2D eigenvalue weighted by Gasteiger charge is -2.02. The Hall–Kier alpha value is -2.83. The zero-order valence-electron chi connectivity index (χ0n) is 11.9. The number of fused-ring (bicyclic) bond motifs is 1. The minimum Gasteiger partial charge on any atom is -0.360 e. The van der Waals surface area contributed by atoms with Gasteiger partial charge in [-0.15, -0.1) is 0 Å². The largest absolute Gasteiger partial charge is 0.360 e. The molecule has 0 bridgehead atoms. The molecule has 1 N–H and O–H groups in total. The molecule has 0 aliphatic carbocycles. The van der Waals surface area contributed by atoms with Crippen LogP contribution in [0.2, 0.25) is 0 Å².